The van der Waals surface area contributed by atoms with Gasteiger partial charge in [-0.25, -0.2) is 9.59 Å². The van der Waals surface area contributed by atoms with Crippen LogP contribution in [0.15, 0.2) is 77.1 Å². The van der Waals surface area contributed by atoms with Gasteiger partial charge in [0.25, 0.3) is 0 Å². The van der Waals surface area contributed by atoms with E-state index < -0.39 is 17.5 Å². The van der Waals surface area contributed by atoms with E-state index in [4.69, 9.17) is 9.47 Å². The number of dihydropyridines is 1. The Morgan fingerprint density at radius 3 is 2.21 bits per heavy atom. The average molecular weight is 585 g/mol. The predicted molar refractivity (Wildman–Crippen MR) is 167 cm³/mol. The Morgan fingerprint density at radius 2 is 1.58 bits per heavy atom. The van der Waals surface area contributed by atoms with E-state index in [9.17, 15) is 14.4 Å². The number of carbonyl (C=O) groups excluding carboxylic acids is 3. The van der Waals surface area contributed by atoms with Crippen molar-refractivity contribution in [3.63, 3.8) is 0 Å². The molecule has 0 bridgehead atoms. The fraction of sp³-hybridized carbons (Fsp3) is 0.472. The number of ketones is 1. The minimum Gasteiger partial charge on any atom is -0.462 e. The molecule has 1 saturated heterocycles. The third-order valence-electron chi connectivity index (χ3n) is 8.53. The van der Waals surface area contributed by atoms with Crippen LogP contribution in [-0.2, 0) is 19.1 Å². The summed E-state index contributed by atoms with van der Waals surface area (Å²) in [6.45, 7) is 13.1. The van der Waals surface area contributed by atoms with E-state index in [1.165, 1.54) is 0 Å². The summed E-state index contributed by atoms with van der Waals surface area (Å²) in [5.74, 6) is -0.675. The summed E-state index contributed by atoms with van der Waals surface area (Å²) in [6.07, 6.45) is 2.33. The Bertz CT molecular complexity index is 1440. The van der Waals surface area contributed by atoms with Crippen LogP contribution >= 0.6 is 0 Å². The molecule has 2 heterocycles. The van der Waals surface area contributed by atoms with Crippen molar-refractivity contribution in [1.82, 2.24) is 10.2 Å². The molecule has 43 heavy (non-hydrogen) atoms. The second-order valence-electron chi connectivity index (χ2n) is 13.9. The van der Waals surface area contributed by atoms with E-state index in [0.717, 1.165) is 47.3 Å². The molecule has 1 atom stereocenters. The van der Waals surface area contributed by atoms with Crippen molar-refractivity contribution in [3.8, 4) is 11.1 Å². The van der Waals surface area contributed by atoms with Crippen LogP contribution < -0.4 is 5.32 Å². The molecule has 0 aromatic heterocycles. The number of esters is 1. The van der Waals surface area contributed by atoms with Crippen molar-refractivity contribution < 1.29 is 23.9 Å². The van der Waals surface area contributed by atoms with Gasteiger partial charge >= 0.3 is 12.1 Å². The number of Topliss-reactive ketones (excluding diaryl/α,β-unsaturated/α-hetero) is 1. The van der Waals surface area contributed by atoms with Crippen molar-refractivity contribution in [3.05, 3.63) is 82.7 Å². The van der Waals surface area contributed by atoms with Crippen molar-refractivity contribution in [1.29, 1.82) is 0 Å². The molecule has 7 heteroatoms. The van der Waals surface area contributed by atoms with Gasteiger partial charge in [0.05, 0.1) is 12.2 Å². The lowest BCUT2D eigenvalue weighted by atomic mass is 9.68. The maximum absolute atomic E-state index is 13.8. The number of piperidine rings is 1. The van der Waals surface area contributed by atoms with Crippen LogP contribution in [0, 0.1) is 11.3 Å². The van der Waals surface area contributed by atoms with Crippen LogP contribution in [-0.4, -0.2) is 48.0 Å². The number of ether oxygens (including phenoxy) is 2. The molecule has 2 aromatic carbocycles. The molecule has 228 valence electrons. The first-order valence-electron chi connectivity index (χ1n) is 15.4. The number of carbonyl (C=O) groups is 3. The summed E-state index contributed by atoms with van der Waals surface area (Å²) in [5, 5.41) is 3.43. The summed E-state index contributed by atoms with van der Waals surface area (Å²) in [6, 6.07) is 18.3. The van der Waals surface area contributed by atoms with Crippen LogP contribution in [0.2, 0.25) is 0 Å². The largest absolute Gasteiger partial charge is 0.462 e. The number of allylic oxidation sites excluding steroid dienone is 3. The van der Waals surface area contributed by atoms with E-state index in [1.807, 2.05) is 58.0 Å². The third kappa shape index (κ3) is 7.03. The maximum Gasteiger partial charge on any atom is 0.410 e. The zero-order chi connectivity index (χ0) is 30.9. The van der Waals surface area contributed by atoms with Gasteiger partial charge in [0, 0.05) is 42.4 Å². The zero-order valence-electron chi connectivity index (χ0n) is 26.3. The van der Waals surface area contributed by atoms with Gasteiger partial charge in [-0.1, -0.05) is 68.4 Å². The molecule has 0 spiro atoms. The molecule has 2 aromatic rings. The van der Waals surface area contributed by atoms with E-state index in [1.54, 1.807) is 4.90 Å². The zero-order valence-corrected chi connectivity index (χ0v) is 26.3. The first kappa shape index (κ1) is 30.6. The fourth-order valence-electron chi connectivity index (χ4n) is 6.42. The number of nitrogens with zero attached hydrogens (tertiary/aromatic N) is 1. The number of hydrogen-bond donors (Lipinski definition) is 1. The Balaban J connectivity index is 1.35. The summed E-state index contributed by atoms with van der Waals surface area (Å²) >= 11 is 0. The van der Waals surface area contributed by atoms with Crippen LogP contribution in [0.1, 0.15) is 78.7 Å². The molecule has 5 rings (SSSR count). The Hall–Kier alpha value is -3.87. The van der Waals surface area contributed by atoms with Gasteiger partial charge in [-0.3, -0.25) is 4.79 Å². The van der Waals surface area contributed by atoms with Crippen molar-refractivity contribution in [2.45, 2.75) is 78.7 Å². The fourth-order valence-corrected chi connectivity index (χ4v) is 6.42. The summed E-state index contributed by atoms with van der Waals surface area (Å²) in [5.41, 5.74) is 5.20. The van der Waals surface area contributed by atoms with Crippen LogP contribution in [0.5, 0.6) is 0 Å². The number of benzene rings is 2. The van der Waals surface area contributed by atoms with E-state index >= 15 is 0 Å². The highest BCUT2D eigenvalue weighted by Gasteiger charge is 2.43. The lowest BCUT2D eigenvalue weighted by Gasteiger charge is -2.39. The summed E-state index contributed by atoms with van der Waals surface area (Å²) < 4.78 is 11.5. The molecular weight excluding hydrogens is 540 g/mol. The van der Waals surface area contributed by atoms with Gasteiger partial charge in [-0.15, -0.1) is 0 Å². The lowest BCUT2D eigenvalue weighted by Crippen LogP contribution is -2.42. The topological polar surface area (TPSA) is 84.9 Å². The second kappa shape index (κ2) is 12.0. The highest BCUT2D eigenvalue weighted by atomic mass is 16.6. The van der Waals surface area contributed by atoms with Crippen molar-refractivity contribution >= 4 is 17.8 Å². The van der Waals surface area contributed by atoms with Crippen LogP contribution in [0.4, 0.5) is 4.79 Å². The average Bonchev–Trinajstić information content (AvgIpc) is 2.94. The molecule has 2 aliphatic heterocycles. The third-order valence-corrected chi connectivity index (χ3v) is 8.53. The number of likely N-dealkylation sites (tertiary alicyclic amines) is 1. The monoisotopic (exact) mass is 584 g/mol. The van der Waals surface area contributed by atoms with Gasteiger partial charge in [-0.05, 0) is 75.0 Å². The minimum absolute atomic E-state index is 0.0724. The number of nitrogens with one attached hydrogen (secondary N) is 1. The smallest absolute Gasteiger partial charge is 0.410 e. The first-order valence-corrected chi connectivity index (χ1v) is 15.4. The highest BCUT2D eigenvalue weighted by Crippen LogP contribution is 2.47. The predicted octanol–water partition coefficient (Wildman–Crippen LogP) is 7.15. The minimum atomic E-state index is -0.535. The van der Waals surface area contributed by atoms with Gasteiger partial charge in [0.1, 0.15) is 5.60 Å². The summed E-state index contributed by atoms with van der Waals surface area (Å²) in [4.78, 5) is 41.7. The molecule has 0 radical (unpaired) electrons. The first-order chi connectivity index (χ1) is 20.3. The Labute approximate surface area is 255 Å². The van der Waals surface area contributed by atoms with E-state index in [0.29, 0.717) is 30.7 Å². The number of amides is 1. The standard InChI is InChI=1S/C36H44N2O5/c1-23-30(33(40)42-22-24-16-18-38(19-17-24)34(41)43-35(2,3)4)31(32-28(37-23)20-36(5,6)21-29(32)39)27-14-12-26(13-15-27)25-10-8-7-9-11-25/h7-15,24,31,37H,16-22H2,1-6H3. The molecule has 1 N–H and O–H groups in total. The second-order valence-corrected chi connectivity index (χ2v) is 13.9. The lowest BCUT2D eigenvalue weighted by molar-refractivity contribution is -0.141. The van der Waals surface area contributed by atoms with Gasteiger partial charge in [0.2, 0.25) is 0 Å². The highest BCUT2D eigenvalue weighted by molar-refractivity contribution is 6.04. The molecule has 1 fully saturated rings. The van der Waals surface area contributed by atoms with Gasteiger partial charge < -0.3 is 19.7 Å². The molecule has 7 nitrogen and oxygen atoms in total. The van der Waals surface area contributed by atoms with Gasteiger partial charge in [0.15, 0.2) is 5.78 Å². The number of hydrogen-bond acceptors (Lipinski definition) is 6. The Morgan fingerprint density at radius 1 is 0.953 bits per heavy atom. The van der Waals surface area contributed by atoms with Crippen LogP contribution in [0.3, 0.4) is 0 Å². The van der Waals surface area contributed by atoms with E-state index in [2.05, 4.69) is 43.4 Å². The van der Waals surface area contributed by atoms with E-state index in [-0.39, 0.29) is 29.8 Å². The van der Waals surface area contributed by atoms with Gasteiger partial charge in [-0.2, -0.15) is 0 Å². The van der Waals surface area contributed by atoms with Crippen LogP contribution in [0.25, 0.3) is 11.1 Å². The molecule has 1 aliphatic carbocycles. The molecule has 0 saturated carbocycles. The molecule has 1 unspecified atom stereocenters. The van der Waals surface area contributed by atoms with Crippen molar-refractivity contribution in [2.75, 3.05) is 19.7 Å². The normalized spacial score (nSPS) is 20.8. The molecule has 3 aliphatic rings. The summed E-state index contributed by atoms with van der Waals surface area (Å²) in [7, 11) is 0. The SMILES string of the molecule is CC1=C(C(=O)OCC2CCN(C(=O)OC(C)(C)C)CC2)C(c2ccc(-c3ccccc3)cc2)C2=C(CC(C)(C)CC2=O)N1. The maximum atomic E-state index is 13.8. The quantitative estimate of drug-likeness (QED) is 0.376. The van der Waals surface area contributed by atoms with Crippen molar-refractivity contribution in [2.24, 2.45) is 11.3 Å². The molecular formula is C36H44N2O5. The molecule has 1 amide bonds. The number of rotatable bonds is 5. The Kier molecular flexibility index (Phi) is 8.55.